The molecule has 1 atom stereocenters. The number of rotatable bonds is 8. The van der Waals surface area contributed by atoms with Crippen LogP contribution >= 0.6 is 11.6 Å². The molecule has 6 nitrogen and oxygen atoms in total. The molecule has 1 amide bonds. The van der Waals surface area contributed by atoms with Crippen molar-refractivity contribution in [3.8, 4) is 11.5 Å². The highest BCUT2D eigenvalue weighted by Gasteiger charge is 2.34. The zero-order chi connectivity index (χ0) is 24.2. The normalized spacial score (nSPS) is 14.9. The molecule has 0 radical (unpaired) electrons. The highest BCUT2D eigenvalue weighted by Crippen LogP contribution is 2.38. The summed E-state index contributed by atoms with van der Waals surface area (Å²) in [5.41, 5.74) is 3.14. The van der Waals surface area contributed by atoms with Crippen LogP contribution in [-0.4, -0.2) is 17.4 Å². The maximum absolute atomic E-state index is 13.5. The average molecular weight is 489 g/mol. The third-order valence-corrected chi connectivity index (χ3v) is 6.22. The number of ether oxygens (including phenoxy) is 2. The maximum atomic E-state index is 13.5. The molecule has 35 heavy (non-hydrogen) atoms. The largest absolute Gasteiger partial charge is 0.490 e. The van der Waals surface area contributed by atoms with Gasteiger partial charge in [-0.05, 0) is 55.0 Å². The number of halogens is 1. The summed E-state index contributed by atoms with van der Waals surface area (Å²) in [7, 11) is 0. The predicted molar refractivity (Wildman–Crippen MR) is 135 cm³/mol. The van der Waals surface area contributed by atoms with Gasteiger partial charge in [0.1, 0.15) is 18.5 Å². The molecule has 2 heterocycles. The first-order chi connectivity index (χ1) is 17.1. The minimum Gasteiger partial charge on any atom is -0.490 e. The molecule has 1 aliphatic heterocycles. The summed E-state index contributed by atoms with van der Waals surface area (Å²) in [5, 5.41) is 4.15. The van der Waals surface area contributed by atoms with Crippen molar-refractivity contribution in [1.82, 2.24) is 4.90 Å². The van der Waals surface area contributed by atoms with Crippen molar-refractivity contribution >= 4 is 23.2 Å². The number of nitrogens with one attached hydrogen (secondary N) is 1. The molecule has 3 aromatic carbocycles. The van der Waals surface area contributed by atoms with Gasteiger partial charge in [-0.1, -0.05) is 48.0 Å². The number of benzene rings is 3. The van der Waals surface area contributed by atoms with Crippen LogP contribution in [0.25, 0.3) is 0 Å². The second-order valence-electron chi connectivity index (χ2n) is 8.12. The number of hydrogen-bond acceptors (Lipinski definition) is 5. The van der Waals surface area contributed by atoms with E-state index in [1.807, 2.05) is 85.8 Å². The predicted octanol–water partition coefficient (Wildman–Crippen LogP) is 6.68. The van der Waals surface area contributed by atoms with Gasteiger partial charge in [-0.3, -0.25) is 4.79 Å². The van der Waals surface area contributed by atoms with Crippen molar-refractivity contribution < 1.29 is 18.7 Å². The lowest BCUT2D eigenvalue weighted by molar-refractivity contribution is 0.0651. The third-order valence-electron chi connectivity index (χ3n) is 5.85. The molecule has 0 unspecified atom stereocenters. The van der Waals surface area contributed by atoms with Gasteiger partial charge in [0.15, 0.2) is 11.5 Å². The Kier molecular flexibility index (Phi) is 6.64. The van der Waals surface area contributed by atoms with Gasteiger partial charge in [0.2, 0.25) is 0 Å². The number of hydrogen-bond donors (Lipinski definition) is 1. The third kappa shape index (κ3) is 4.84. The number of furan rings is 1. The fourth-order valence-electron chi connectivity index (χ4n) is 4.14. The highest BCUT2D eigenvalue weighted by molar-refractivity contribution is 6.31. The van der Waals surface area contributed by atoms with Crippen LogP contribution in [0.5, 0.6) is 11.5 Å². The summed E-state index contributed by atoms with van der Waals surface area (Å²) in [6.45, 7) is 3.04. The number of anilines is 1. The van der Waals surface area contributed by atoms with Crippen molar-refractivity contribution in [3.63, 3.8) is 0 Å². The molecule has 1 aromatic heterocycles. The average Bonchev–Trinajstić information content (AvgIpc) is 3.39. The van der Waals surface area contributed by atoms with E-state index in [2.05, 4.69) is 5.32 Å². The second kappa shape index (κ2) is 10.2. The number of amides is 1. The molecule has 0 saturated heterocycles. The zero-order valence-electron chi connectivity index (χ0n) is 19.2. The minimum absolute atomic E-state index is 0.0758. The molecule has 4 aromatic rings. The number of para-hydroxylation sites is 1. The van der Waals surface area contributed by atoms with Crippen molar-refractivity contribution in [3.05, 3.63) is 113 Å². The lowest BCUT2D eigenvalue weighted by atomic mass is 10.0. The van der Waals surface area contributed by atoms with Crippen molar-refractivity contribution in [2.75, 3.05) is 11.9 Å². The molecule has 0 fully saturated rings. The molecule has 0 bridgehead atoms. The van der Waals surface area contributed by atoms with Crippen molar-refractivity contribution in [2.24, 2.45) is 0 Å². The summed E-state index contributed by atoms with van der Waals surface area (Å²) in [4.78, 5) is 15.3. The van der Waals surface area contributed by atoms with E-state index < -0.39 is 6.17 Å². The summed E-state index contributed by atoms with van der Waals surface area (Å²) >= 11 is 6.32. The first-order valence-electron chi connectivity index (χ1n) is 11.5. The van der Waals surface area contributed by atoms with Gasteiger partial charge in [-0.25, -0.2) is 0 Å². The number of nitrogens with zero attached hydrogens (tertiary/aromatic N) is 1. The smallest absolute Gasteiger partial charge is 0.258 e. The van der Waals surface area contributed by atoms with Crippen LogP contribution in [0.3, 0.4) is 0 Å². The van der Waals surface area contributed by atoms with E-state index in [0.717, 1.165) is 16.8 Å². The summed E-state index contributed by atoms with van der Waals surface area (Å²) in [6.07, 6.45) is 1.18. The van der Waals surface area contributed by atoms with E-state index >= 15 is 0 Å². The van der Waals surface area contributed by atoms with E-state index in [1.54, 1.807) is 11.2 Å². The zero-order valence-corrected chi connectivity index (χ0v) is 20.0. The molecule has 7 heteroatoms. The van der Waals surface area contributed by atoms with Gasteiger partial charge in [-0.2, -0.15) is 0 Å². The first kappa shape index (κ1) is 22.9. The SMILES string of the molecule is CCOc1ccc([C@@H]2Nc3ccccc3C(=O)N2Cc2ccco2)cc1OCc1ccccc1Cl. The van der Waals surface area contributed by atoms with Gasteiger partial charge < -0.3 is 24.1 Å². The molecule has 178 valence electrons. The fraction of sp³-hybridized carbons (Fsp3) is 0.179. The van der Waals surface area contributed by atoms with Gasteiger partial charge in [0.25, 0.3) is 5.91 Å². The Hall–Kier alpha value is -3.90. The lowest BCUT2D eigenvalue weighted by Gasteiger charge is -2.38. The van der Waals surface area contributed by atoms with E-state index in [-0.39, 0.29) is 5.91 Å². The molecule has 0 aliphatic carbocycles. The Morgan fingerprint density at radius 3 is 2.60 bits per heavy atom. The maximum Gasteiger partial charge on any atom is 0.258 e. The number of fused-ring (bicyclic) bond motifs is 1. The van der Waals surface area contributed by atoms with Gasteiger partial charge >= 0.3 is 0 Å². The van der Waals surface area contributed by atoms with E-state index in [1.165, 1.54) is 0 Å². The molecular weight excluding hydrogens is 464 g/mol. The van der Waals surface area contributed by atoms with Crippen LogP contribution in [-0.2, 0) is 13.2 Å². The van der Waals surface area contributed by atoms with Gasteiger partial charge in [0, 0.05) is 16.3 Å². The monoisotopic (exact) mass is 488 g/mol. The van der Waals surface area contributed by atoms with Crippen molar-refractivity contribution in [1.29, 1.82) is 0 Å². The Balaban J connectivity index is 1.50. The Bertz CT molecular complexity index is 1320. The van der Waals surface area contributed by atoms with E-state index in [4.69, 9.17) is 25.5 Å². The summed E-state index contributed by atoms with van der Waals surface area (Å²) < 4.78 is 17.5. The quantitative estimate of drug-likeness (QED) is 0.300. The van der Waals surface area contributed by atoms with Crippen LogP contribution in [0.4, 0.5) is 5.69 Å². The minimum atomic E-state index is -0.430. The highest BCUT2D eigenvalue weighted by atomic mass is 35.5. The summed E-state index contributed by atoms with van der Waals surface area (Å²) in [6, 6.07) is 24.5. The Labute approximate surface area is 209 Å². The van der Waals surface area contributed by atoms with Crippen LogP contribution in [0, 0.1) is 0 Å². The molecule has 0 spiro atoms. The molecule has 5 rings (SSSR count). The Morgan fingerprint density at radius 1 is 0.971 bits per heavy atom. The first-order valence-corrected chi connectivity index (χ1v) is 11.8. The van der Waals surface area contributed by atoms with Crippen molar-refractivity contribution in [2.45, 2.75) is 26.2 Å². The van der Waals surface area contributed by atoms with E-state index in [9.17, 15) is 4.79 Å². The van der Waals surface area contributed by atoms with Crippen LogP contribution in [0.15, 0.2) is 89.5 Å². The summed E-state index contributed by atoms with van der Waals surface area (Å²) in [5.74, 6) is 1.83. The van der Waals surface area contributed by atoms with E-state index in [0.29, 0.717) is 47.6 Å². The fourth-order valence-corrected chi connectivity index (χ4v) is 4.33. The number of carbonyl (C=O) groups is 1. The molecular formula is C28H25ClN2O4. The number of carbonyl (C=O) groups excluding carboxylic acids is 1. The molecule has 0 saturated carbocycles. The van der Waals surface area contributed by atoms with Crippen LogP contribution in [0.1, 0.15) is 40.3 Å². The second-order valence-corrected chi connectivity index (χ2v) is 8.53. The molecule has 1 N–H and O–H groups in total. The van der Waals surface area contributed by atoms with Gasteiger partial charge in [0.05, 0.1) is 25.0 Å². The Morgan fingerprint density at radius 2 is 1.80 bits per heavy atom. The standard InChI is InChI=1S/C28H25ClN2O4/c1-2-33-25-14-13-19(16-26(25)35-18-20-8-3-5-11-23(20)29)27-30-24-12-6-4-10-22(24)28(32)31(27)17-21-9-7-15-34-21/h3-16,27,30H,2,17-18H2,1H3/t27-/m1/s1. The molecule has 1 aliphatic rings. The van der Waals surface area contributed by atoms with Crippen LogP contribution in [0.2, 0.25) is 5.02 Å². The van der Waals surface area contributed by atoms with Crippen LogP contribution < -0.4 is 14.8 Å². The lowest BCUT2D eigenvalue weighted by Crippen LogP contribution is -2.42. The van der Waals surface area contributed by atoms with Gasteiger partial charge in [-0.15, -0.1) is 0 Å². The topological polar surface area (TPSA) is 63.9 Å².